The predicted octanol–water partition coefficient (Wildman–Crippen LogP) is 0.873. The summed E-state index contributed by atoms with van der Waals surface area (Å²) in [5, 5.41) is 7.87. The molecular weight excluding hydrogens is 410 g/mol. The van der Waals surface area contributed by atoms with Crippen LogP contribution in [0.25, 0.3) is 0 Å². The smallest absolute Gasteiger partial charge is 0.231 e. The molecular formula is C20H21N3O6S. The van der Waals surface area contributed by atoms with Gasteiger partial charge in [-0.15, -0.1) is 0 Å². The highest BCUT2D eigenvalue weighted by Crippen LogP contribution is 2.37. The third-order valence-electron chi connectivity index (χ3n) is 5.02. The van der Waals surface area contributed by atoms with E-state index in [-0.39, 0.29) is 43.9 Å². The average molecular weight is 431 g/mol. The molecule has 4 rings (SSSR count). The highest BCUT2D eigenvalue weighted by atomic mass is 32.2. The lowest BCUT2D eigenvalue weighted by Crippen LogP contribution is -2.32. The molecule has 2 aliphatic heterocycles. The number of rotatable bonds is 6. The molecule has 1 atom stereocenters. The van der Waals surface area contributed by atoms with Crippen molar-refractivity contribution in [3.8, 4) is 11.5 Å². The van der Waals surface area contributed by atoms with Crippen LogP contribution in [0.3, 0.4) is 0 Å². The largest absolute Gasteiger partial charge is 0.454 e. The molecule has 30 heavy (non-hydrogen) atoms. The lowest BCUT2D eigenvalue weighted by Gasteiger charge is -2.17. The maximum Gasteiger partial charge on any atom is 0.231 e. The summed E-state index contributed by atoms with van der Waals surface area (Å²) in [7, 11) is -3.58. The van der Waals surface area contributed by atoms with Gasteiger partial charge in [0.15, 0.2) is 11.5 Å². The minimum absolute atomic E-state index is 0.124. The van der Waals surface area contributed by atoms with Crippen LogP contribution in [0.4, 0.5) is 5.69 Å². The SMILES string of the molecule is NS(=O)(=O)Cc1ccc(CNC(=O)C2CC(=O)N(c3ccc4c(c3)OCO4)C2)cc1. The molecule has 2 aromatic rings. The summed E-state index contributed by atoms with van der Waals surface area (Å²) in [6.07, 6.45) is 0.133. The number of carbonyl (C=O) groups is 2. The highest BCUT2D eigenvalue weighted by molar-refractivity contribution is 7.88. The maximum absolute atomic E-state index is 12.6. The number of benzene rings is 2. The number of carbonyl (C=O) groups excluding carboxylic acids is 2. The standard InChI is InChI=1S/C20H21N3O6S/c21-30(26,27)11-14-3-1-13(2-4-14)9-22-20(25)15-7-19(24)23(10-15)16-5-6-17-18(8-16)29-12-28-17/h1-6,8,15H,7,9-12H2,(H,22,25)(H2,21,26,27). The van der Waals surface area contributed by atoms with Crippen molar-refractivity contribution in [1.82, 2.24) is 5.32 Å². The summed E-state index contributed by atoms with van der Waals surface area (Å²) >= 11 is 0. The van der Waals surface area contributed by atoms with E-state index in [4.69, 9.17) is 14.6 Å². The minimum Gasteiger partial charge on any atom is -0.454 e. The average Bonchev–Trinajstić information content (AvgIpc) is 3.31. The predicted molar refractivity (Wildman–Crippen MR) is 108 cm³/mol. The van der Waals surface area contributed by atoms with Crippen molar-refractivity contribution < 1.29 is 27.5 Å². The Kier molecular flexibility index (Phi) is 5.35. The van der Waals surface area contributed by atoms with E-state index in [0.717, 1.165) is 5.56 Å². The molecule has 2 aromatic carbocycles. The van der Waals surface area contributed by atoms with Crippen LogP contribution in [0.15, 0.2) is 42.5 Å². The van der Waals surface area contributed by atoms with Crippen molar-refractivity contribution in [2.75, 3.05) is 18.2 Å². The zero-order valence-electron chi connectivity index (χ0n) is 16.0. The number of ether oxygens (including phenoxy) is 2. The third-order valence-corrected chi connectivity index (χ3v) is 5.76. The molecule has 9 nitrogen and oxygen atoms in total. The Morgan fingerprint density at radius 3 is 2.53 bits per heavy atom. The van der Waals surface area contributed by atoms with E-state index in [1.807, 2.05) is 0 Å². The van der Waals surface area contributed by atoms with Gasteiger partial charge < -0.3 is 19.7 Å². The van der Waals surface area contributed by atoms with E-state index in [0.29, 0.717) is 22.7 Å². The van der Waals surface area contributed by atoms with Gasteiger partial charge >= 0.3 is 0 Å². The number of nitrogens with zero attached hydrogens (tertiary/aromatic N) is 1. The molecule has 1 fully saturated rings. The Balaban J connectivity index is 1.34. The summed E-state index contributed by atoms with van der Waals surface area (Å²) in [5.41, 5.74) is 2.07. The van der Waals surface area contributed by atoms with E-state index in [2.05, 4.69) is 5.32 Å². The quantitative estimate of drug-likeness (QED) is 0.699. The number of primary sulfonamides is 1. The van der Waals surface area contributed by atoms with Crippen LogP contribution in [-0.4, -0.2) is 33.6 Å². The van der Waals surface area contributed by atoms with E-state index < -0.39 is 15.9 Å². The fourth-order valence-electron chi connectivity index (χ4n) is 3.51. The molecule has 0 aromatic heterocycles. The lowest BCUT2D eigenvalue weighted by molar-refractivity contribution is -0.126. The van der Waals surface area contributed by atoms with Gasteiger partial charge in [-0.3, -0.25) is 9.59 Å². The number of sulfonamides is 1. The van der Waals surface area contributed by atoms with Gasteiger partial charge in [0, 0.05) is 31.3 Å². The number of nitrogens with two attached hydrogens (primary N) is 1. The Labute approximate surface area is 173 Å². The van der Waals surface area contributed by atoms with E-state index in [1.54, 1.807) is 47.4 Å². The molecule has 3 N–H and O–H groups in total. The summed E-state index contributed by atoms with van der Waals surface area (Å²) < 4.78 is 32.9. The van der Waals surface area contributed by atoms with Gasteiger partial charge in [0.2, 0.25) is 28.6 Å². The fraction of sp³-hybridized carbons (Fsp3) is 0.300. The summed E-state index contributed by atoms with van der Waals surface area (Å²) in [4.78, 5) is 26.6. The first-order chi connectivity index (χ1) is 14.3. The normalized spacial score (nSPS) is 18.0. The molecule has 1 saturated heterocycles. The molecule has 0 spiro atoms. The van der Waals surface area contributed by atoms with Crippen molar-refractivity contribution in [1.29, 1.82) is 0 Å². The van der Waals surface area contributed by atoms with Gasteiger partial charge in [0.25, 0.3) is 0 Å². The van der Waals surface area contributed by atoms with E-state index in [9.17, 15) is 18.0 Å². The second-order valence-electron chi connectivity index (χ2n) is 7.28. The van der Waals surface area contributed by atoms with Crippen molar-refractivity contribution in [3.05, 3.63) is 53.6 Å². The molecule has 0 aliphatic carbocycles. The summed E-state index contributed by atoms with van der Waals surface area (Å²) in [6.45, 7) is 0.724. The molecule has 158 valence electrons. The topological polar surface area (TPSA) is 128 Å². The van der Waals surface area contributed by atoms with Crippen molar-refractivity contribution in [2.24, 2.45) is 11.1 Å². The van der Waals surface area contributed by atoms with Gasteiger partial charge in [-0.1, -0.05) is 24.3 Å². The lowest BCUT2D eigenvalue weighted by atomic mass is 10.1. The van der Waals surface area contributed by atoms with Crippen LogP contribution in [-0.2, 0) is 31.9 Å². The number of anilines is 1. The fourth-order valence-corrected chi connectivity index (χ4v) is 4.16. The minimum atomic E-state index is -3.58. The van der Waals surface area contributed by atoms with Gasteiger partial charge in [-0.25, -0.2) is 13.6 Å². The molecule has 1 unspecified atom stereocenters. The second-order valence-corrected chi connectivity index (χ2v) is 8.90. The highest BCUT2D eigenvalue weighted by Gasteiger charge is 2.35. The molecule has 10 heteroatoms. The Morgan fingerprint density at radius 1 is 1.10 bits per heavy atom. The number of hydrogen-bond acceptors (Lipinski definition) is 6. The zero-order valence-corrected chi connectivity index (χ0v) is 16.9. The number of nitrogens with one attached hydrogen (secondary N) is 1. The monoisotopic (exact) mass is 431 g/mol. The van der Waals surface area contributed by atoms with Crippen LogP contribution in [0, 0.1) is 5.92 Å². The zero-order chi connectivity index (χ0) is 21.3. The van der Waals surface area contributed by atoms with Crippen LogP contribution in [0.5, 0.6) is 11.5 Å². The van der Waals surface area contributed by atoms with Gasteiger partial charge in [-0.05, 0) is 23.3 Å². The molecule has 0 bridgehead atoms. The van der Waals surface area contributed by atoms with Crippen LogP contribution >= 0.6 is 0 Å². The van der Waals surface area contributed by atoms with Crippen LogP contribution in [0.2, 0.25) is 0 Å². The Morgan fingerprint density at radius 2 is 1.80 bits per heavy atom. The Hall–Kier alpha value is -3.11. The van der Waals surface area contributed by atoms with Crippen molar-refractivity contribution in [2.45, 2.75) is 18.7 Å². The number of amides is 2. The van der Waals surface area contributed by atoms with Gasteiger partial charge in [0.05, 0.1) is 11.7 Å². The van der Waals surface area contributed by atoms with Crippen LogP contribution in [0.1, 0.15) is 17.5 Å². The number of hydrogen-bond donors (Lipinski definition) is 2. The molecule has 2 heterocycles. The number of fused-ring (bicyclic) bond motifs is 1. The van der Waals surface area contributed by atoms with Crippen molar-refractivity contribution in [3.63, 3.8) is 0 Å². The molecule has 0 radical (unpaired) electrons. The van der Waals surface area contributed by atoms with Crippen LogP contribution < -0.4 is 24.8 Å². The maximum atomic E-state index is 12.6. The first-order valence-corrected chi connectivity index (χ1v) is 11.1. The van der Waals surface area contributed by atoms with Gasteiger partial charge in [-0.2, -0.15) is 0 Å². The first kappa shape index (κ1) is 20.2. The van der Waals surface area contributed by atoms with E-state index >= 15 is 0 Å². The second kappa shape index (κ2) is 7.96. The third kappa shape index (κ3) is 4.55. The first-order valence-electron chi connectivity index (χ1n) is 9.34. The molecule has 2 amide bonds. The summed E-state index contributed by atoms with van der Waals surface area (Å²) in [5.74, 6) is 0.194. The van der Waals surface area contributed by atoms with E-state index in [1.165, 1.54) is 0 Å². The Bertz CT molecular complexity index is 1080. The summed E-state index contributed by atoms with van der Waals surface area (Å²) in [6, 6.07) is 12.0. The molecule has 0 saturated carbocycles. The molecule has 2 aliphatic rings. The van der Waals surface area contributed by atoms with Crippen molar-refractivity contribution >= 4 is 27.5 Å². The van der Waals surface area contributed by atoms with Gasteiger partial charge in [0.1, 0.15) is 0 Å².